The summed E-state index contributed by atoms with van der Waals surface area (Å²) >= 11 is 0. The minimum atomic E-state index is 0.137. The molecule has 2 heterocycles. The normalized spacial score (nSPS) is 20.8. The number of hydrogen-bond donors (Lipinski definition) is 0. The van der Waals surface area contributed by atoms with Gasteiger partial charge in [0.2, 0.25) is 0 Å². The number of rotatable bonds is 0. The smallest absolute Gasteiger partial charge is 0.419 e. The van der Waals surface area contributed by atoms with Crippen LogP contribution in [0.25, 0.3) is 0 Å². The fourth-order valence-electron chi connectivity index (χ4n) is 0.650. The van der Waals surface area contributed by atoms with E-state index >= 15 is 0 Å². The lowest BCUT2D eigenvalue weighted by Crippen LogP contribution is -2.14. The molecular formula is C6H4O4. The first-order valence-corrected chi connectivity index (χ1v) is 2.72. The molecule has 10 heavy (non-hydrogen) atoms. The molecule has 0 saturated heterocycles. The summed E-state index contributed by atoms with van der Waals surface area (Å²) in [6, 6.07) is 0. The van der Waals surface area contributed by atoms with Crippen molar-refractivity contribution < 1.29 is 18.6 Å². The van der Waals surface area contributed by atoms with Crippen LogP contribution in [0.4, 0.5) is 0 Å². The second-order valence-corrected chi connectivity index (χ2v) is 1.68. The predicted molar refractivity (Wildman–Crippen MR) is 29.0 cm³/mol. The molecule has 0 saturated carbocycles. The Hall–Kier alpha value is -1.41. The van der Waals surface area contributed by atoms with Crippen molar-refractivity contribution in [2.45, 2.75) is 0 Å². The average molecular weight is 140 g/mol. The standard InChI is InChI=1S/C6H4O4/c1-5-6(10-3-7-1)2-8-4-9-5/h3-4H2. The van der Waals surface area contributed by atoms with Crippen LogP contribution in [-0.4, -0.2) is 19.5 Å². The highest BCUT2D eigenvalue weighted by Gasteiger charge is 2.11. The lowest BCUT2D eigenvalue weighted by atomic mass is 10.4. The molecule has 52 valence electrons. The maximum atomic E-state index is 4.92. The van der Waals surface area contributed by atoms with Crippen molar-refractivity contribution in [2.24, 2.45) is 0 Å². The molecule has 0 N–H and O–H groups in total. The van der Waals surface area contributed by atoms with Crippen molar-refractivity contribution in [3.05, 3.63) is 17.8 Å². The molecule has 0 radical (unpaired) electrons. The SMILES string of the molecule is C1=[O+]COC2=[C-]OCOC=12. The minimum absolute atomic E-state index is 0.137. The van der Waals surface area contributed by atoms with E-state index in [0.29, 0.717) is 11.5 Å². The summed E-state index contributed by atoms with van der Waals surface area (Å²) in [6.45, 7) is 0.275. The third kappa shape index (κ3) is 0.748. The molecular weight excluding hydrogens is 136 g/mol. The van der Waals surface area contributed by atoms with Crippen LogP contribution in [-0.2, 0) is 18.6 Å². The largest absolute Gasteiger partial charge is 0.562 e. The Morgan fingerprint density at radius 2 is 2.50 bits per heavy atom. The first-order valence-electron chi connectivity index (χ1n) is 2.72. The topological polar surface area (TPSA) is 39.0 Å². The fourth-order valence-corrected chi connectivity index (χ4v) is 0.650. The van der Waals surface area contributed by atoms with E-state index in [-0.39, 0.29) is 13.6 Å². The third-order valence-corrected chi connectivity index (χ3v) is 1.06. The fraction of sp³-hybridized carbons (Fsp3) is 0.333. The van der Waals surface area contributed by atoms with Crippen LogP contribution < -0.4 is 0 Å². The second-order valence-electron chi connectivity index (χ2n) is 1.68. The number of hydrogen-bond acceptors (Lipinski definition) is 3. The molecule has 0 unspecified atom stereocenters. The van der Waals surface area contributed by atoms with Gasteiger partial charge in [0, 0.05) is 0 Å². The summed E-state index contributed by atoms with van der Waals surface area (Å²) in [5, 5.41) is 0. The quantitative estimate of drug-likeness (QED) is 0.267. The molecule has 2 rings (SSSR count). The molecule has 0 fully saturated rings. The number of ether oxygens (including phenoxy) is 3. The third-order valence-electron chi connectivity index (χ3n) is 1.06. The second kappa shape index (κ2) is 2.08. The van der Waals surface area contributed by atoms with Gasteiger partial charge in [-0.2, -0.15) is 4.42 Å². The first-order chi connectivity index (χ1) is 4.97. The van der Waals surface area contributed by atoms with E-state index in [2.05, 4.69) is 21.4 Å². The van der Waals surface area contributed by atoms with Crippen molar-refractivity contribution in [3.8, 4) is 0 Å². The Bertz CT molecular complexity index is 234. The molecule has 0 aromatic carbocycles. The highest BCUT2D eigenvalue weighted by Crippen LogP contribution is 2.15. The van der Waals surface area contributed by atoms with Crippen LogP contribution in [0.1, 0.15) is 0 Å². The van der Waals surface area contributed by atoms with Crippen molar-refractivity contribution in [1.29, 1.82) is 0 Å². The minimum Gasteiger partial charge on any atom is -0.562 e. The first kappa shape index (κ1) is 5.38. The summed E-state index contributed by atoms with van der Waals surface area (Å²) in [7, 11) is 0. The van der Waals surface area contributed by atoms with Gasteiger partial charge in [0.15, 0.2) is 12.6 Å². The summed E-state index contributed by atoms with van der Waals surface area (Å²) in [5.74, 6) is 3.34. The maximum Gasteiger partial charge on any atom is 0.419 e. The molecule has 0 aromatic heterocycles. The van der Waals surface area contributed by atoms with E-state index in [1.165, 1.54) is 0 Å². The van der Waals surface area contributed by atoms with E-state index in [1.807, 2.05) is 0 Å². The lowest BCUT2D eigenvalue weighted by molar-refractivity contribution is -0.0961. The molecule has 0 atom stereocenters. The molecule has 0 aliphatic carbocycles. The highest BCUT2D eigenvalue weighted by molar-refractivity contribution is 5.56. The van der Waals surface area contributed by atoms with Crippen molar-refractivity contribution >= 4 is 5.94 Å². The Kier molecular flexibility index (Phi) is 1.12. The van der Waals surface area contributed by atoms with Gasteiger partial charge in [0.05, 0.1) is 5.76 Å². The summed E-state index contributed by atoms with van der Waals surface area (Å²) in [4.78, 5) is 0. The van der Waals surface area contributed by atoms with Gasteiger partial charge in [0.25, 0.3) is 5.94 Å². The van der Waals surface area contributed by atoms with Crippen LogP contribution >= 0.6 is 0 Å². The molecule has 0 bridgehead atoms. The highest BCUT2D eigenvalue weighted by atomic mass is 16.7. The van der Waals surface area contributed by atoms with E-state index in [9.17, 15) is 0 Å². The summed E-state index contributed by atoms with van der Waals surface area (Å²) < 4.78 is 19.2. The van der Waals surface area contributed by atoms with Crippen molar-refractivity contribution in [1.82, 2.24) is 0 Å². The van der Waals surface area contributed by atoms with Crippen molar-refractivity contribution in [2.75, 3.05) is 13.6 Å². The van der Waals surface area contributed by atoms with Gasteiger partial charge in [-0.05, 0) is 6.26 Å². The van der Waals surface area contributed by atoms with Gasteiger partial charge >= 0.3 is 6.79 Å². The maximum absolute atomic E-state index is 4.92. The van der Waals surface area contributed by atoms with Gasteiger partial charge < -0.3 is 14.2 Å². The Morgan fingerprint density at radius 1 is 1.50 bits per heavy atom. The molecule has 0 aromatic rings. The Labute approximate surface area is 57.0 Å². The molecule has 0 amide bonds. The Morgan fingerprint density at radius 3 is 3.40 bits per heavy atom. The van der Waals surface area contributed by atoms with Crippen LogP contribution in [0.2, 0.25) is 0 Å². The van der Waals surface area contributed by atoms with E-state index in [1.54, 1.807) is 0 Å². The van der Waals surface area contributed by atoms with Gasteiger partial charge in [-0.3, -0.25) is 0 Å². The zero-order valence-electron chi connectivity index (χ0n) is 5.05. The van der Waals surface area contributed by atoms with E-state index < -0.39 is 0 Å². The molecule has 0 spiro atoms. The summed E-state index contributed by atoms with van der Waals surface area (Å²) in [6.07, 6.45) is 2.51. The average Bonchev–Trinajstić information content (AvgIpc) is 2.05. The van der Waals surface area contributed by atoms with E-state index in [4.69, 9.17) is 9.47 Å². The zero-order valence-corrected chi connectivity index (χ0v) is 5.05. The Balaban J connectivity index is 2.39. The number of fused-ring (bicyclic) bond motifs is 1. The van der Waals surface area contributed by atoms with Crippen molar-refractivity contribution in [3.63, 3.8) is 0 Å². The monoisotopic (exact) mass is 140 g/mol. The van der Waals surface area contributed by atoms with Crippen LogP contribution in [0.3, 0.4) is 0 Å². The molecule has 4 heteroatoms. The molecule has 4 nitrogen and oxygen atoms in total. The van der Waals surface area contributed by atoms with Gasteiger partial charge in [-0.25, -0.2) is 0 Å². The lowest BCUT2D eigenvalue weighted by Gasteiger charge is -2.23. The predicted octanol–water partition coefficient (Wildman–Crippen LogP) is -0.126. The number of carbonyl (C=O) groups excluding carboxylic acids is 1. The molecule has 2 aliphatic rings. The van der Waals surface area contributed by atoms with Crippen LogP contribution in [0, 0.1) is 6.26 Å². The van der Waals surface area contributed by atoms with Gasteiger partial charge in [-0.1, -0.05) is 0 Å². The van der Waals surface area contributed by atoms with Crippen LogP contribution in [0.5, 0.6) is 0 Å². The van der Waals surface area contributed by atoms with Crippen LogP contribution in [0.15, 0.2) is 11.5 Å². The summed E-state index contributed by atoms with van der Waals surface area (Å²) in [5.41, 5.74) is 0. The van der Waals surface area contributed by atoms with Gasteiger partial charge in [-0.15, -0.1) is 0 Å². The van der Waals surface area contributed by atoms with Gasteiger partial charge in [0.1, 0.15) is 0 Å². The zero-order chi connectivity index (χ0) is 6.81. The van der Waals surface area contributed by atoms with E-state index in [0.717, 1.165) is 0 Å². The molecule has 2 aliphatic heterocycles.